The molecule has 0 N–H and O–H groups in total. The third-order valence-corrected chi connectivity index (χ3v) is 3.94. The van der Waals surface area contributed by atoms with Crippen LogP contribution in [-0.4, -0.2) is 7.11 Å². The van der Waals surface area contributed by atoms with E-state index in [1.54, 1.807) is 25.3 Å². The number of halogens is 3. The van der Waals surface area contributed by atoms with Crippen molar-refractivity contribution < 1.29 is 4.74 Å². The number of hydrogen-bond acceptors (Lipinski definition) is 1. The van der Waals surface area contributed by atoms with Crippen LogP contribution in [-0.2, 0) is 0 Å². The van der Waals surface area contributed by atoms with E-state index >= 15 is 0 Å². The summed E-state index contributed by atoms with van der Waals surface area (Å²) in [5, 5.41) is 0.797. The van der Waals surface area contributed by atoms with Crippen LogP contribution in [0.3, 0.4) is 0 Å². The Balaban J connectivity index is 2.51. The summed E-state index contributed by atoms with van der Waals surface area (Å²) in [5.74, 6) is 0.738. The second kappa shape index (κ2) is 6.04. The molecule has 0 aliphatic heterocycles. The van der Waals surface area contributed by atoms with Crippen LogP contribution >= 0.6 is 34.8 Å². The number of rotatable bonds is 3. The molecule has 0 radical (unpaired) electrons. The smallest absolute Gasteiger partial charge is 0.123 e. The molecule has 0 aliphatic rings. The Morgan fingerprint density at radius 2 is 1.74 bits per heavy atom. The summed E-state index contributed by atoms with van der Waals surface area (Å²) in [4.78, 5) is 0. The van der Waals surface area contributed by atoms with Crippen molar-refractivity contribution in [3.05, 3.63) is 63.1 Å². The van der Waals surface area contributed by atoms with E-state index in [2.05, 4.69) is 0 Å². The summed E-state index contributed by atoms with van der Waals surface area (Å²) in [6, 6.07) is 11.1. The molecule has 0 amide bonds. The lowest BCUT2D eigenvalue weighted by Gasteiger charge is -2.16. The predicted octanol–water partition coefficient (Wildman–Crippen LogP) is 5.64. The zero-order chi connectivity index (χ0) is 14.0. The minimum atomic E-state index is -0.402. The first kappa shape index (κ1) is 14.5. The van der Waals surface area contributed by atoms with Crippen molar-refractivity contribution in [2.45, 2.75) is 12.3 Å². The monoisotopic (exact) mass is 314 g/mol. The SMILES string of the molecule is COc1ccc(C)cc1C(Cl)c1cc(Cl)ccc1Cl. The number of alkyl halides is 1. The second-order valence-electron chi connectivity index (χ2n) is 4.27. The van der Waals surface area contributed by atoms with Gasteiger partial charge in [0.05, 0.1) is 12.5 Å². The number of hydrogen-bond donors (Lipinski definition) is 0. The molecule has 0 saturated heterocycles. The number of aryl methyl sites for hydroxylation is 1. The maximum Gasteiger partial charge on any atom is 0.123 e. The van der Waals surface area contributed by atoms with E-state index < -0.39 is 5.38 Å². The molecule has 1 nitrogen and oxygen atoms in total. The topological polar surface area (TPSA) is 9.23 Å². The molecular weight excluding hydrogens is 303 g/mol. The fraction of sp³-hybridized carbons (Fsp3) is 0.200. The molecule has 19 heavy (non-hydrogen) atoms. The fourth-order valence-corrected chi connectivity index (χ4v) is 2.74. The summed E-state index contributed by atoms with van der Waals surface area (Å²) in [6.45, 7) is 2.01. The molecule has 0 spiro atoms. The molecular formula is C15H13Cl3O. The Morgan fingerprint density at radius 3 is 2.42 bits per heavy atom. The molecule has 2 aromatic carbocycles. The zero-order valence-corrected chi connectivity index (χ0v) is 12.9. The van der Waals surface area contributed by atoms with Gasteiger partial charge in [0.25, 0.3) is 0 Å². The minimum absolute atomic E-state index is 0.402. The molecule has 0 aromatic heterocycles. The van der Waals surface area contributed by atoms with Crippen molar-refractivity contribution in [3.63, 3.8) is 0 Å². The van der Waals surface area contributed by atoms with Gasteiger partial charge in [-0.2, -0.15) is 0 Å². The van der Waals surface area contributed by atoms with Gasteiger partial charge in [-0.05, 0) is 36.8 Å². The van der Waals surface area contributed by atoms with Crippen molar-refractivity contribution in [3.8, 4) is 5.75 Å². The van der Waals surface area contributed by atoms with E-state index in [0.717, 1.165) is 22.4 Å². The van der Waals surface area contributed by atoms with Gasteiger partial charge < -0.3 is 4.74 Å². The average molecular weight is 316 g/mol. The van der Waals surface area contributed by atoms with Gasteiger partial charge in [-0.25, -0.2) is 0 Å². The Morgan fingerprint density at radius 1 is 1.00 bits per heavy atom. The highest BCUT2D eigenvalue weighted by Gasteiger charge is 2.18. The van der Waals surface area contributed by atoms with Crippen molar-refractivity contribution >= 4 is 34.8 Å². The van der Waals surface area contributed by atoms with Crippen LogP contribution in [0.1, 0.15) is 22.1 Å². The zero-order valence-electron chi connectivity index (χ0n) is 10.6. The summed E-state index contributed by atoms with van der Waals surface area (Å²) < 4.78 is 5.35. The molecule has 0 saturated carbocycles. The fourth-order valence-electron chi connectivity index (χ4n) is 1.93. The van der Waals surface area contributed by atoms with Gasteiger partial charge >= 0.3 is 0 Å². The summed E-state index contributed by atoms with van der Waals surface area (Å²) >= 11 is 18.7. The van der Waals surface area contributed by atoms with E-state index in [1.807, 2.05) is 25.1 Å². The lowest BCUT2D eigenvalue weighted by atomic mass is 10.0. The van der Waals surface area contributed by atoms with Gasteiger partial charge in [-0.15, -0.1) is 11.6 Å². The minimum Gasteiger partial charge on any atom is -0.496 e. The van der Waals surface area contributed by atoms with E-state index in [-0.39, 0.29) is 0 Å². The van der Waals surface area contributed by atoms with Crippen LogP contribution in [0.4, 0.5) is 0 Å². The molecule has 0 heterocycles. The van der Waals surface area contributed by atoms with Gasteiger partial charge in [0.2, 0.25) is 0 Å². The Hall–Kier alpha value is -0.890. The van der Waals surface area contributed by atoms with Gasteiger partial charge in [0.1, 0.15) is 5.75 Å². The van der Waals surface area contributed by atoms with Crippen molar-refractivity contribution in [1.82, 2.24) is 0 Å². The lowest BCUT2D eigenvalue weighted by Crippen LogP contribution is -1.99. The first-order valence-electron chi connectivity index (χ1n) is 5.76. The molecule has 0 bridgehead atoms. The molecule has 2 rings (SSSR count). The quantitative estimate of drug-likeness (QED) is 0.666. The largest absolute Gasteiger partial charge is 0.496 e. The molecule has 100 valence electrons. The molecule has 0 fully saturated rings. The number of benzene rings is 2. The van der Waals surface area contributed by atoms with Crippen molar-refractivity contribution in [1.29, 1.82) is 0 Å². The lowest BCUT2D eigenvalue weighted by molar-refractivity contribution is 0.410. The van der Waals surface area contributed by atoms with Crippen molar-refractivity contribution in [2.24, 2.45) is 0 Å². The third kappa shape index (κ3) is 3.17. The molecule has 1 atom stereocenters. The Bertz CT molecular complexity index is 596. The van der Waals surface area contributed by atoms with Crippen LogP contribution in [0.5, 0.6) is 5.75 Å². The van der Waals surface area contributed by atoms with E-state index in [4.69, 9.17) is 39.5 Å². The van der Waals surface area contributed by atoms with Crippen LogP contribution in [0.15, 0.2) is 36.4 Å². The summed E-state index contributed by atoms with van der Waals surface area (Å²) in [7, 11) is 1.62. The first-order valence-corrected chi connectivity index (χ1v) is 6.95. The van der Waals surface area contributed by atoms with Crippen molar-refractivity contribution in [2.75, 3.05) is 7.11 Å². The van der Waals surface area contributed by atoms with E-state index in [9.17, 15) is 0 Å². The highest BCUT2D eigenvalue weighted by Crippen LogP contribution is 2.39. The van der Waals surface area contributed by atoms with Crippen LogP contribution in [0.2, 0.25) is 10.0 Å². The maximum absolute atomic E-state index is 6.54. The van der Waals surface area contributed by atoms with E-state index in [1.165, 1.54) is 0 Å². The highest BCUT2D eigenvalue weighted by atomic mass is 35.5. The number of ether oxygens (including phenoxy) is 1. The standard InChI is InChI=1S/C15H13Cl3O/c1-9-3-6-14(19-2)12(7-9)15(18)11-8-10(16)4-5-13(11)17/h3-8,15H,1-2H3. The van der Waals surface area contributed by atoms with Gasteiger partial charge in [0.15, 0.2) is 0 Å². The van der Waals surface area contributed by atoms with Gasteiger partial charge in [0, 0.05) is 15.6 Å². The van der Waals surface area contributed by atoms with Crippen LogP contribution < -0.4 is 4.74 Å². The van der Waals surface area contributed by atoms with Crippen LogP contribution in [0.25, 0.3) is 0 Å². The van der Waals surface area contributed by atoms with Crippen LogP contribution in [0, 0.1) is 6.92 Å². The Kier molecular flexibility index (Phi) is 4.62. The molecule has 2 aromatic rings. The highest BCUT2D eigenvalue weighted by molar-refractivity contribution is 6.35. The van der Waals surface area contributed by atoms with Gasteiger partial charge in [-0.3, -0.25) is 0 Å². The first-order chi connectivity index (χ1) is 9.02. The Labute approximate surface area is 128 Å². The van der Waals surface area contributed by atoms with E-state index in [0.29, 0.717) is 10.0 Å². The summed E-state index contributed by atoms with van der Waals surface area (Å²) in [5.41, 5.74) is 2.77. The molecule has 4 heteroatoms. The second-order valence-corrected chi connectivity index (χ2v) is 5.55. The normalized spacial score (nSPS) is 12.3. The maximum atomic E-state index is 6.54. The summed E-state index contributed by atoms with van der Waals surface area (Å²) in [6.07, 6.45) is 0. The average Bonchev–Trinajstić information content (AvgIpc) is 2.40. The molecule has 1 unspecified atom stereocenters. The third-order valence-electron chi connectivity index (χ3n) is 2.89. The molecule has 0 aliphatic carbocycles. The van der Waals surface area contributed by atoms with Gasteiger partial charge in [-0.1, -0.05) is 40.9 Å². The number of methoxy groups -OCH3 is 1. The predicted molar refractivity (Wildman–Crippen MR) is 81.9 cm³/mol.